The van der Waals surface area contributed by atoms with Gasteiger partial charge >= 0.3 is 0 Å². The molecule has 2 heterocycles. The molecule has 0 unspecified atom stereocenters. The quantitative estimate of drug-likeness (QED) is 0.636. The van der Waals surface area contributed by atoms with Gasteiger partial charge in [0.2, 0.25) is 5.91 Å². The molecule has 0 fully saturated rings. The van der Waals surface area contributed by atoms with Crippen LogP contribution in [-0.4, -0.2) is 37.8 Å². The topological polar surface area (TPSA) is 102 Å². The van der Waals surface area contributed by atoms with Gasteiger partial charge in [0.1, 0.15) is 23.7 Å². The van der Waals surface area contributed by atoms with E-state index in [0.717, 1.165) is 0 Å². The van der Waals surface area contributed by atoms with Crippen molar-refractivity contribution in [3.63, 3.8) is 0 Å². The fraction of sp³-hybridized carbons (Fsp3) is 0.167. The lowest BCUT2D eigenvalue weighted by Crippen LogP contribution is -2.24. The number of anilines is 2. The fourth-order valence-electron chi connectivity index (χ4n) is 2.35. The maximum atomic E-state index is 12.4. The highest BCUT2D eigenvalue weighted by molar-refractivity contribution is 7.98. The summed E-state index contributed by atoms with van der Waals surface area (Å²) in [5.74, 6) is -0.443. The lowest BCUT2D eigenvalue weighted by atomic mass is 10.2. The Kier molecular flexibility index (Phi) is 5.82. The van der Waals surface area contributed by atoms with E-state index in [1.54, 1.807) is 49.5 Å². The van der Waals surface area contributed by atoms with E-state index in [2.05, 4.69) is 25.7 Å². The molecule has 0 saturated heterocycles. The van der Waals surface area contributed by atoms with Gasteiger partial charge in [0.25, 0.3) is 5.91 Å². The number of nitrogens with zero attached hydrogens (tertiary/aromatic N) is 4. The summed E-state index contributed by atoms with van der Waals surface area (Å²) in [5, 5.41) is 10.3. The lowest BCUT2D eigenvalue weighted by Gasteiger charge is -2.13. The smallest absolute Gasteiger partial charge is 0.258 e. The number of thioether (sulfide) groups is 1. The molecule has 1 atom stereocenters. The Morgan fingerprint density at radius 2 is 1.81 bits per heavy atom. The molecule has 2 aromatic heterocycles. The molecule has 0 bridgehead atoms. The molecule has 3 aromatic rings. The van der Waals surface area contributed by atoms with Gasteiger partial charge in [-0.15, -0.1) is 11.8 Å². The van der Waals surface area contributed by atoms with Gasteiger partial charge < -0.3 is 10.6 Å². The molecule has 8 nitrogen and oxygen atoms in total. The van der Waals surface area contributed by atoms with Crippen LogP contribution in [0.4, 0.5) is 11.4 Å². The van der Waals surface area contributed by atoms with Crippen molar-refractivity contribution < 1.29 is 9.59 Å². The first-order valence-electron chi connectivity index (χ1n) is 8.14. The molecule has 9 heteroatoms. The second-order valence-electron chi connectivity index (χ2n) is 5.63. The van der Waals surface area contributed by atoms with Crippen molar-refractivity contribution in [2.24, 2.45) is 0 Å². The molecule has 0 aliphatic rings. The Bertz CT molecular complexity index is 927. The lowest BCUT2D eigenvalue weighted by molar-refractivity contribution is -0.119. The molecular formula is C18H18N6O2S. The zero-order valence-electron chi connectivity index (χ0n) is 14.8. The minimum absolute atomic E-state index is 0.211. The normalized spacial score (nSPS) is 11.6. The number of amides is 2. The van der Waals surface area contributed by atoms with Gasteiger partial charge in [0.15, 0.2) is 0 Å². The zero-order valence-corrected chi connectivity index (χ0v) is 15.6. The largest absolute Gasteiger partial charge is 0.324 e. The van der Waals surface area contributed by atoms with Gasteiger partial charge in [0, 0.05) is 17.6 Å². The first-order valence-corrected chi connectivity index (χ1v) is 9.36. The predicted molar refractivity (Wildman–Crippen MR) is 104 cm³/mol. The summed E-state index contributed by atoms with van der Waals surface area (Å²) in [6, 6.07) is 9.87. The van der Waals surface area contributed by atoms with Crippen LogP contribution in [0.5, 0.6) is 0 Å². The SMILES string of the molecule is CSc1ncccc1C(=O)Nc1ccc(NC(=O)[C@@H](C)n2cncn2)cc1. The van der Waals surface area contributed by atoms with E-state index in [1.807, 2.05) is 6.26 Å². The van der Waals surface area contributed by atoms with E-state index < -0.39 is 6.04 Å². The average molecular weight is 382 g/mol. The number of benzene rings is 1. The van der Waals surface area contributed by atoms with Crippen LogP contribution in [-0.2, 0) is 4.79 Å². The number of pyridine rings is 1. The van der Waals surface area contributed by atoms with Crippen LogP contribution in [0.3, 0.4) is 0 Å². The number of rotatable bonds is 6. The van der Waals surface area contributed by atoms with Crippen LogP contribution in [0, 0.1) is 0 Å². The van der Waals surface area contributed by atoms with Crippen LogP contribution >= 0.6 is 11.8 Å². The number of hydrogen-bond acceptors (Lipinski definition) is 6. The van der Waals surface area contributed by atoms with Crippen LogP contribution in [0.15, 0.2) is 60.3 Å². The molecule has 0 saturated carbocycles. The van der Waals surface area contributed by atoms with E-state index in [-0.39, 0.29) is 11.8 Å². The van der Waals surface area contributed by atoms with Crippen molar-refractivity contribution in [2.75, 3.05) is 16.9 Å². The molecule has 138 valence electrons. The standard InChI is InChI=1S/C18H18N6O2S/c1-12(24-11-19-10-21-24)16(25)22-13-5-7-14(8-6-13)23-17(26)15-4-3-9-20-18(15)27-2/h3-12H,1-2H3,(H,22,25)(H,23,26)/t12-/m1/s1. The van der Waals surface area contributed by atoms with Gasteiger partial charge in [-0.2, -0.15) is 5.10 Å². The summed E-state index contributed by atoms with van der Waals surface area (Å²) in [4.78, 5) is 32.7. The predicted octanol–water partition coefficient (Wildman–Crippen LogP) is 2.85. The van der Waals surface area contributed by atoms with Crippen LogP contribution in [0.25, 0.3) is 0 Å². The van der Waals surface area contributed by atoms with E-state index in [9.17, 15) is 9.59 Å². The second-order valence-corrected chi connectivity index (χ2v) is 6.43. The summed E-state index contributed by atoms with van der Waals surface area (Å²) in [5.41, 5.74) is 1.76. The molecule has 0 spiro atoms. The van der Waals surface area contributed by atoms with Gasteiger partial charge in [-0.25, -0.2) is 14.6 Å². The molecule has 2 amide bonds. The minimum Gasteiger partial charge on any atom is -0.324 e. The van der Waals surface area contributed by atoms with Gasteiger partial charge in [-0.1, -0.05) is 0 Å². The van der Waals surface area contributed by atoms with Crippen molar-refractivity contribution in [1.82, 2.24) is 19.7 Å². The van der Waals surface area contributed by atoms with Gasteiger partial charge in [-0.05, 0) is 49.6 Å². The number of aromatic nitrogens is 4. The van der Waals surface area contributed by atoms with Crippen LogP contribution < -0.4 is 10.6 Å². The van der Waals surface area contributed by atoms with Gasteiger partial charge in [0.05, 0.1) is 5.56 Å². The first kappa shape index (κ1) is 18.6. The van der Waals surface area contributed by atoms with E-state index in [4.69, 9.17) is 0 Å². The molecule has 27 heavy (non-hydrogen) atoms. The monoisotopic (exact) mass is 382 g/mol. The highest BCUT2D eigenvalue weighted by atomic mass is 32.2. The van der Waals surface area contributed by atoms with Crippen molar-refractivity contribution in [3.8, 4) is 0 Å². The summed E-state index contributed by atoms with van der Waals surface area (Å²) in [7, 11) is 0. The maximum Gasteiger partial charge on any atom is 0.258 e. The summed E-state index contributed by atoms with van der Waals surface area (Å²) < 4.78 is 1.47. The molecular weight excluding hydrogens is 364 g/mol. The maximum absolute atomic E-state index is 12.4. The van der Waals surface area contributed by atoms with Crippen molar-refractivity contribution in [1.29, 1.82) is 0 Å². The Morgan fingerprint density at radius 1 is 1.11 bits per heavy atom. The third-order valence-corrected chi connectivity index (χ3v) is 4.54. The van der Waals surface area contributed by atoms with Crippen LogP contribution in [0.2, 0.25) is 0 Å². The van der Waals surface area contributed by atoms with Crippen molar-refractivity contribution >= 4 is 35.0 Å². The van der Waals surface area contributed by atoms with E-state index >= 15 is 0 Å². The second kappa shape index (κ2) is 8.45. The number of carbonyl (C=O) groups excluding carboxylic acids is 2. The minimum atomic E-state index is -0.484. The Balaban J connectivity index is 1.63. The molecule has 0 radical (unpaired) electrons. The van der Waals surface area contributed by atoms with Crippen molar-refractivity contribution in [2.45, 2.75) is 18.0 Å². The Hall–Kier alpha value is -3.20. The van der Waals surface area contributed by atoms with Crippen LogP contribution in [0.1, 0.15) is 23.3 Å². The number of hydrogen-bond donors (Lipinski definition) is 2. The van der Waals surface area contributed by atoms with E-state index in [1.165, 1.54) is 29.1 Å². The number of carbonyl (C=O) groups is 2. The number of nitrogens with one attached hydrogen (secondary N) is 2. The molecule has 0 aliphatic carbocycles. The molecule has 0 aliphatic heterocycles. The Labute approximate surface area is 160 Å². The third-order valence-electron chi connectivity index (χ3n) is 3.83. The highest BCUT2D eigenvalue weighted by Crippen LogP contribution is 2.20. The molecule has 2 N–H and O–H groups in total. The third kappa shape index (κ3) is 4.50. The molecule has 3 rings (SSSR count). The summed E-state index contributed by atoms with van der Waals surface area (Å²) in [6.45, 7) is 1.73. The molecule has 1 aromatic carbocycles. The Morgan fingerprint density at radius 3 is 2.44 bits per heavy atom. The fourth-order valence-corrected chi connectivity index (χ4v) is 2.89. The zero-order chi connectivity index (χ0) is 19.2. The first-order chi connectivity index (χ1) is 13.1. The average Bonchev–Trinajstić information content (AvgIpc) is 3.23. The summed E-state index contributed by atoms with van der Waals surface area (Å²) in [6.07, 6.45) is 6.40. The van der Waals surface area contributed by atoms with Gasteiger partial charge in [-0.3, -0.25) is 9.59 Å². The van der Waals surface area contributed by atoms with Crippen molar-refractivity contribution in [3.05, 3.63) is 60.8 Å². The van der Waals surface area contributed by atoms with E-state index in [0.29, 0.717) is 22.0 Å². The highest BCUT2D eigenvalue weighted by Gasteiger charge is 2.16. The summed E-state index contributed by atoms with van der Waals surface area (Å²) >= 11 is 1.41.